The molecule has 238 valence electrons. The van der Waals surface area contributed by atoms with E-state index in [0.29, 0.717) is 29.7 Å². The Morgan fingerprint density at radius 3 is 2.11 bits per heavy atom. The lowest BCUT2D eigenvalue weighted by Gasteiger charge is -2.33. The number of nitrogens with zero attached hydrogens (tertiary/aromatic N) is 3. The predicted octanol–water partition coefficient (Wildman–Crippen LogP) is 6.72. The van der Waals surface area contributed by atoms with Gasteiger partial charge in [0.05, 0.1) is 30.2 Å². The number of halogens is 8. The first-order valence-electron chi connectivity index (χ1n) is 14.1. The minimum atomic E-state index is -5.64. The van der Waals surface area contributed by atoms with Gasteiger partial charge in [0.2, 0.25) is 11.8 Å². The van der Waals surface area contributed by atoms with Crippen LogP contribution in [0.1, 0.15) is 78.6 Å². The Morgan fingerprint density at radius 1 is 0.909 bits per heavy atom. The van der Waals surface area contributed by atoms with E-state index in [9.17, 15) is 44.7 Å². The molecular formula is C29H29F8N5O2. The maximum absolute atomic E-state index is 13.9. The molecule has 15 heteroatoms. The summed E-state index contributed by atoms with van der Waals surface area (Å²) < 4.78 is 107. The molecule has 2 amide bonds. The third-order valence-corrected chi connectivity index (χ3v) is 8.18. The lowest BCUT2D eigenvalue weighted by atomic mass is 9.81. The summed E-state index contributed by atoms with van der Waals surface area (Å²) in [6, 6.07) is 8.20. The second-order valence-corrected chi connectivity index (χ2v) is 11.5. The number of nitrogens with one attached hydrogen (secondary N) is 2. The molecule has 3 aromatic rings. The van der Waals surface area contributed by atoms with Crippen LogP contribution in [-0.2, 0) is 4.79 Å². The molecule has 2 heterocycles. The van der Waals surface area contributed by atoms with E-state index in [1.54, 1.807) is 30.3 Å². The molecule has 0 bridgehead atoms. The highest BCUT2D eigenvalue weighted by Gasteiger charge is 2.57. The van der Waals surface area contributed by atoms with Gasteiger partial charge >= 0.3 is 12.4 Å². The van der Waals surface area contributed by atoms with Crippen molar-refractivity contribution < 1.29 is 44.7 Å². The third-order valence-electron chi connectivity index (χ3n) is 8.18. The van der Waals surface area contributed by atoms with Crippen LogP contribution in [0.3, 0.4) is 0 Å². The number of alkyl halides is 8. The lowest BCUT2D eigenvalue weighted by molar-refractivity contribution is -0.284. The molecule has 2 atom stereocenters. The first-order valence-corrected chi connectivity index (χ1v) is 14.1. The van der Waals surface area contributed by atoms with Gasteiger partial charge in [-0.25, -0.2) is 18.3 Å². The molecule has 44 heavy (non-hydrogen) atoms. The number of aromatic nitrogens is 3. The fourth-order valence-electron chi connectivity index (χ4n) is 5.61. The average Bonchev–Trinajstić information content (AvgIpc) is 3.70. The van der Waals surface area contributed by atoms with E-state index in [2.05, 4.69) is 20.7 Å². The van der Waals surface area contributed by atoms with Crippen molar-refractivity contribution in [3.05, 3.63) is 65.6 Å². The van der Waals surface area contributed by atoms with Gasteiger partial charge in [0, 0.05) is 24.8 Å². The molecule has 2 fully saturated rings. The second-order valence-electron chi connectivity index (χ2n) is 11.5. The molecule has 2 saturated carbocycles. The van der Waals surface area contributed by atoms with Gasteiger partial charge in [-0.1, -0.05) is 18.2 Å². The summed E-state index contributed by atoms with van der Waals surface area (Å²) >= 11 is 0. The highest BCUT2D eigenvalue weighted by Crippen LogP contribution is 2.44. The second kappa shape index (κ2) is 12.0. The quantitative estimate of drug-likeness (QED) is 0.257. The van der Waals surface area contributed by atoms with Crippen LogP contribution in [0.5, 0.6) is 0 Å². The van der Waals surface area contributed by atoms with Crippen LogP contribution in [0.15, 0.2) is 48.8 Å². The summed E-state index contributed by atoms with van der Waals surface area (Å²) in [6.45, 7) is 0. The van der Waals surface area contributed by atoms with Crippen molar-refractivity contribution in [1.29, 1.82) is 0 Å². The van der Waals surface area contributed by atoms with Crippen LogP contribution in [-0.4, -0.2) is 44.7 Å². The standard InChI is InChI=1S/C29H29F8N5O2/c30-27(31)10-8-17(9-11-27)25(41-26(44)18-4-2-1-3-5-18)20-15-42-22(39-20)12-19(14-38-42)24(16-6-7-16)40-23(43)13-21(28(32,33)34)29(35,36)37/h1-5,12,14-17,21,24-25H,6-11,13H2,(H,40,43)(H,41,44)/t24-,25-/m0/s1. The van der Waals surface area contributed by atoms with Gasteiger partial charge in [-0.05, 0) is 61.3 Å². The number of benzene rings is 1. The van der Waals surface area contributed by atoms with Crippen molar-refractivity contribution in [2.45, 2.75) is 75.3 Å². The molecule has 2 aromatic heterocycles. The van der Waals surface area contributed by atoms with Crippen molar-refractivity contribution in [2.24, 2.45) is 17.8 Å². The number of carbonyl (C=O) groups is 2. The van der Waals surface area contributed by atoms with Crippen molar-refractivity contribution in [3.8, 4) is 0 Å². The van der Waals surface area contributed by atoms with Gasteiger partial charge in [0.15, 0.2) is 11.6 Å². The number of amides is 2. The maximum atomic E-state index is 13.9. The summed E-state index contributed by atoms with van der Waals surface area (Å²) in [7, 11) is 0. The number of rotatable bonds is 9. The van der Waals surface area contributed by atoms with Gasteiger partial charge in [-0.3, -0.25) is 9.59 Å². The van der Waals surface area contributed by atoms with Crippen LogP contribution in [0.4, 0.5) is 35.1 Å². The molecule has 0 spiro atoms. The summed E-state index contributed by atoms with van der Waals surface area (Å²) in [5.41, 5.74) is 1.28. The molecule has 7 nitrogen and oxygen atoms in total. The van der Waals surface area contributed by atoms with E-state index >= 15 is 0 Å². The Balaban J connectivity index is 1.39. The molecule has 1 aromatic carbocycles. The van der Waals surface area contributed by atoms with Crippen LogP contribution >= 0.6 is 0 Å². The zero-order valence-corrected chi connectivity index (χ0v) is 23.1. The van der Waals surface area contributed by atoms with Gasteiger partial charge in [-0.2, -0.15) is 31.4 Å². The highest BCUT2D eigenvalue weighted by molar-refractivity contribution is 5.94. The normalized spacial score (nSPS) is 19.1. The largest absolute Gasteiger partial charge is 0.400 e. The van der Waals surface area contributed by atoms with E-state index in [4.69, 9.17) is 0 Å². The number of carbonyl (C=O) groups excluding carboxylic acids is 2. The van der Waals surface area contributed by atoms with Crippen molar-refractivity contribution >= 4 is 17.5 Å². The van der Waals surface area contributed by atoms with E-state index in [-0.39, 0.29) is 43.2 Å². The highest BCUT2D eigenvalue weighted by atomic mass is 19.4. The maximum Gasteiger partial charge on any atom is 0.400 e. The molecule has 0 saturated heterocycles. The minimum absolute atomic E-state index is 0.131. The Labute approximate surface area is 246 Å². The Hall–Kier alpha value is -3.78. The minimum Gasteiger partial charge on any atom is -0.349 e. The summed E-state index contributed by atoms with van der Waals surface area (Å²) in [4.78, 5) is 30.0. The van der Waals surface area contributed by atoms with E-state index in [0.717, 1.165) is 0 Å². The lowest BCUT2D eigenvalue weighted by Crippen LogP contribution is -2.41. The first-order chi connectivity index (χ1) is 20.6. The van der Waals surface area contributed by atoms with Gasteiger partial charge in [-0.15, -0.1) is 0 Å². The summed E-state index contributed by atoms with van der Waals surface area (Å²) in [5, 5.41) is 9.52. The van der Waals surface area contributed by atoms with Crippen LogP contribution in [0, 0.1) is 17.8 Å². The zero-order valence-electron chi connectivity index (χ0n) is 23.1. The van der Waals surface area contributed by atoms with Gasteiger partial charge in [0.25, 0.3) is 5.91 Å². The number of hydrogen-bond donors (Lipinski definition) is 2. The fraction of sp³-hybridized carbons (Fsp3) is 0.517. The summed E-state index contributed by atoms with van der Waals surface area (Å²) in [6.07, 6.45) is -9.46. The fourth-order valence-corrected chi connectivity index (χ4v) is 5.61. The molecule has 0 aliphatic heterocycles. The van der Waals surface area contributed by atoms with E-state index < -0.39 is 54.5 Å². The van der Waals surface area contributed by atoms with E-state index in [1.807, 2.05) is 0 Å². The molecule has 2 N–H and O–H groups in total. The Morgan fingerprint density at radius 2 is 1.52 bits per heavy atom. The van der Waals surface area contributed by atoms with Crippen LogP contribution in [0.25, 0.3) is 5.65 Å². The first kappa shape index (κ1) is 31.6. The number of imidazole rings is 1. The van der Waals surface area contributed by atoms with Crippen molar-refractivity contribution in [1.82, 2.24) is 25.2 Å². The van der Waals surface area contributed by atoms with Gasteiger partial charge < -0.3 is 10.6 Å². The Kier molecular flexibility index (Phi) is 8.60. The smallest absolute Gasteiger partial charge is 0.349 e. The number of fused-ring (bicyclic) bond motifs is 1. The number of hydrogen-bond acceptors (Lipinski definition) is 4. The van der Waals surface area contributed by atoms with Crippen molar-refractivity contribution in [2.75, 3.05) is 0 Å². The molecule has 5 rings (SSSR count). The molecule has 2 aliphatic carbocycles. The Bertz CT molecular complexity index is 1460. The average molecular weight is 632 g/mol. The van der Waals surface area contributed by atoms with Crippen LogP contribution in [0.2, 0.25) is 0 Å². The SMILES string of the molecule is O=C(CC(C(F)(F)F)C(F)(F)F)N[C@H](c1cnn2cc([C@@H](NC(=O)c3ccccc3)C3CCC(F)(F)CC3)nc2c1)C1CC1. The summed E-state index contributed by atoms with van der Waals surface area (Å²) in [5.74, 6) is -9.00. The molecular weight excluding hydrogens is 602 g/mol. The monoisotopic (exact) mass is 631 g/mol. The van der Waals surface area contributed by atoms with Crippen LogP contribution < -0.4 is 10.6 Å². The molecule has 0 unspecified atom stereocenters. The van der Waals surface area contributed by atoms with Gasteiger partial charge in [0.1, 0.15) is 0 Å². The predicted molar refractivity (Wildman–Crippen MR) is 140 cm³/mol. The zero-order chi connectivity index (χ0) is 31.9. The molecule has 0 radical (unpaired) electrons. The molecule has 2 aliphatic rings. The topological polar surface area (TPSA) is 88.4 Å². The third kappa shape index (κ3) is 7.46. The van der Waals surface area contributed by atoms with E-state index in [1.165, 1.54) is 23.0 Å². The van der Waals surface area contributed by atoms with Crippen molar-refractivity contribution in [3.63, 3.8) is 0 Å².